The molecule has 0 saturated carbocycles. The van der Waals surface area contributed by atoms with Crippen molar-refractivity contribution in [2.75, 3.05) is 6.61 Å². The first-order chi connectivity index (χ1) is 8.04. The van der Waals surface area contributed by atoms with Gasteiger partial charge in [-0.1, -0.05) is 51.1 Å². The highest BCUT2D eigenvalue weighted by molar-refractivity contribution is 5.91. The van der Waals surface area contributed by atoms with Gasteiger partial charge in [0.1, 0.15) is 5.75 Å². The number of benzene rings is 2. The van der Waals surface area contributed by atoms with Crippen molar-refractivity contribution >= 4 is 10.8 Å². The fraction of sp³-hybridized carbons (Fsp3) is 0.375. The van der Waals surface area contributed by atoms with Crippen LogP contribution in [-0.4, -0.2) is 6.61 Å². The molecule has 1 heteroatoms. The molecule has 2 rings (SSSR count). The predicted octanol–water partition coefficient (Wildman–Crippen LogP) is 4.54. The van der Waals surface area contributed by atoms with E-state index in [-0.39, 0.29) is 5.41 Å². The van der Waals surface area contributed by atoms with Gasteiger partial charge in [0.15, 0.2) is 0 Å². The highest BCUT2D eigenvalue weighted by atomic mass is 16.5. The molecule has 0 saturated heterocycles. The zero-order chi connectivity index (χ0) is 12.5. The Morgan fingerprint density at radius 3 is 2.18 bits per heavy atom. The smallest absolute Gasteiger partial charge is 0.127 e. The molecule has 0 radical (unpaired) electrons. The molecule has 90 valence electrons. The minimum Gasteiger partial charge on any atom is -0.493 e. The number of rotatable bonds is 2. The van der Waals surface area contributed by atoms with E-state index in [0.29, 0.717) is 6.61 Å². The van der Waals surface area contributed by atoms with E-state index >= 15 is 0 Å². The van der Waals surface area contributed by atoms with E-state index in [1.54, 1.807) is 0 Å². The second-order valence-corrected chi connectivity index (χ2v) is 5.34. The summed E-state index contributed by atoms with van der Waals surface area (Å²) in [5, 5.41) is 2.51. The summed E-state index contributed by atoms with van der Waals surface area (Å²) in [6.45, 7) is 9.46. The van der Waals surface area contributed by atoms with Gasteiger partial charge in [0.05, 0.1) is 6.61 Å². The molecule has 0 spiro atoms. The van der Waals surface area contributed by atoms with Gasteiger partial charge in [0, 0.05) is 5.39 Å². The van der Waals surface area contributed by atoms with Crippen molar-refractivity contribution < 1.29 is 4.74 Å². The fourth-order valence-corrected chi connectivity index (χ4v) is 2.21. The Hall–Kier alpha value is -1.50. The van der Waals surface area contributed by atoms with Gasteiger partial charge in [-0.15, -0.1) is 0 Å². The standard InChI is InChI=1S/C16H20O/c1-5-17-15-11-10-14(16(2,3)4)12-8-6-7-9-13(12)15/h6-11H,5H2,1-4H3. The number of fused-ring (bicyclic) bond motifs is 1. The van der Waals surface area contributed by atoms with Gasteiger partial charge in [-0.2, -0.15) is 0 Å². The van der Waals surface area contributed by atoms with E-state index in [1.165, 1.54) is 16.3 Å². The maximum absolute atomic E-state index is 5.69. The third-order valence-electron chi connectivity index (χ3n) is 2.99. The fourth-order valence-electron chi connectivity index (χ4n) is 2.21. The zero-order valence-electron chi connectivity index (χ0n) is 11.1. The Bertz CT molecular complexity index is 521. The number of hydrogen-bond acceptors (Lipinski definition) is 1. The molecule has 0 aromatic heterocycles. The van der Waals surface area contributed by atoms with Gasteiger partial charge in [-0.05, 0) is 29.4 Å². The molecule has 0 heterocycles. The second-order valence-electron chi connectivity index (χ2n) is 5.34. The minimum absolute atomic E-state index is 0.157. The summed E-state index contributed by atoms with van der Waals surface area (Å²) in [5.41, 5.74) is 1.53. The summed E-state index contributed by atoms with van der Waals surface area (Å²) >= 11 is 0. The molecule has 0 N–H and O–H groups in total. The lowest BCUT2D eigenvalue weighted by Crippen LogP contribution is -2.11. The van der Waals surface area contributed by atoms with Gasteiger partial charge in [0.2, 0.25) is 0 Å². The lowest BCUT2D eigenvalue weighted by molar-refractivity contribution is 0.344. The van der Waals surface area contributed by atoms with Crippen LogP contribution in [0.5, 0.6) is 5.75 Å². The van der Waals surface area contributed by atoms with Crippen molar-refractivity contribution in [3.63, 3.8) is 0 Å². The van der Waals surface area contributed by atoms with E-state index in [2.05, 4.69) is 57.2 Å². The normalized spacial score (nSPS) is 11.8. The van der Waals surface area contributed by atoms with Crippen molar-refractivity contribution in [1.82, 2.24) is 0 Å². The number of ether oxygens (including phenoxy) is 1. The SMILES string of the molecule is CCOc1ccc(C(C)(C)C)c2ccccc12. The third kappa shape index (κ3) is 2.28. The topological polar surface area (TPSA) is 9.23 Å². The molecule has 17 heavy (non-hydrogen) atoms. The minimum atomic E-state index is 0.157. The molecule has 0 unspecified atom stereocenters. The van der Waals surface area contributed by atoms with Gasteiger partial charge in [0.25, 0.3) is 0 Å². The molecule has 0 atom stereocenters. The molecule has 0 fully saturated rings. The summed E-state index contributed by atoms with van der Waals surface area (Å²) in [4.78, 5) is 0. The van der Waals surface area contributed by atoms with Crippen molar-refractivity contribution in [2.24, 2.45) is 0 Å². The molecular formula is C16H20O. The Morgan fingerprint density at radius 2 is 1.59 bits per heavy atom. The van der Waals surface area contributed by atoms with Crippen LogP contribution in [0.4, 0.5) is 0 Å². The van der Waals surface area contributed by atoms with E-state index in [0.717, 1.165) is 5.75 Å². The molecule has 2 aromatic rings. The average Bonchev–Trinajstić information content (AvgIpc) is 2.28. The van der Waals surface area contributed by atoms with Crippen molar-refractivity contribution in [3.8, 4) is 5.75 Å². The Labute approximate surface area is 103 Å². The van der Waals surface area contributed by atoms with Gasteiger partial charge >= 0.3 is 0 Å². The van der Waals surface area contributed by atoms with Crippen molar-refractivity contribution in [2.45, 2.75) is 33.1 Å². The lowest BCUT2D eigenvalue weighted by Gasteiger charge is -2.22. The monoisotopic (exact) mass is 228 g/mol. The first kappa shape index (κ1) is 12.0. The molecule has 2 aromatic carbocycles. The van der Waals surface area contributed by atoms with Gasteiger partial charge in [-0.3, -0.25) is 0 Å². The van der Waals surface area contributed by atoms with Crippen LogP contribution >= 0.6 is 0 Å². The summed E-state index contributed by atoms with van der Waals surface area (Å²) in [7, 11) is 0. The molecule has 0 aliphatic rings. The van der Waals surface area contributed by atoms with Crippen LogP contribution in [0.25, 0.3) is 10.8 Å². The van der Waals surface area contributed by atoms with Gasteiger partial charge < -0.3 is 4.74 Å². The summed E-state index contributed by atoms with van der Waals surface area (Å²) in [5.74, 6) is 0.983. The summed E-state index contributed by atoms with van der Waals surface area (Å²) in [6, 6.07) is 12.7. The Balaban J connectivity index is 2.71. The Morgan fingerprint density at radius 1 is 0.941 bits per heavy atom. The third-order valence-corrected chi connectivity index (χ3v) is 2.99. The first-order valence-electron chi connectivity index (χ1n) is 6.19. The van der Waals surface area contributed by atoms with Crippen LogP contribution in [0.1, 0.15) is 33.3 Å². The summed E-state index contributed by atoms with van der Waals surface area (Å²) in [6.07, 6.45) is 0. The molecule has 0 bridgehead atoms. The molecular weight excluding hydrogens is 208 g/mol. The number of hydrogen-bond donors (Lipinski definition) is 0. The second kappa shape index (κ2) is 4.40. The van der Waals surface area contributed by atoms with Crippen molar-refractivity contribution in [3.05, 3.63) is 42.0 Å². The summed E-state index contributed by atoms with van der Waals surface area (Å²) < 4.78 is 5.69. The lowest BCUT2D eigenvalue weighted by atomic mass is 9.83. The molecule has 1 nitrogen and oxygen atoms in total. The maximum atomic E-state index is 5.69. The average molecular weight is 228 g/mol. The van der Waals surface area contributed by atoms with Crippen LogP contribution in [-0.2, 0) is 5.41 Å². The Kier molecular flexibility index (Phi) is 3.10. The predicted molar refractivity (Wildman–Crippen MR) is 73.8 cm³/mol. The maximum Gasteiger partial charge on any atom is 0.127 e. The van der Waals surface area contributed by atoms with Crippen LogP contribution in [0.3, 0.4) is 0 Å². The van der Waals surface area contributed by atoms with Gasteiger partial charge in [-0.25, -0.2) is 0 Å². The largest absolute Gasteiger partial charge is 0.493 e. The van der Waals surface area contributed by atoms with Crippen LogP contribution < -0.4 is 4.74 Å². The van der Waals surface area contributed by atoms with Crippen LogP contribution in [0, 0.1) is 0 Å². The van der Waals surface area contributed by atoms with E-state index in [4.69, 9.17) is 4.74 Å². The molecule has 0 aliphatic heterocycles. The van der Waals surface area contributed by atoms with E-state index in [9.17, 15) is 0 Å². The first-order valence-corrected chi connectivity index (χ1v) is 6.19. The highest BCUT2D eigenvalue weighted by Crippen LogP contribution is 2.34. The highest BCUT2D eigenvalue weighted by Gasteiger charge is 2.17. The zero-order valence-corrected chi connectivity index (χ0v) is 11.1. The van der Waals surface area contributed by atoms with Crippen LogP contribution in [0.15, 0.2) is 36.4 Å². The van der Waals surface area contributed by atoms with Crippen LogP contribution in [0.2, 0.25) is 0 Å². The van der Waals surface area contributed by atoms with E-state index < -0.39 is 0 Å². The molecule has 0 amide bonds. The quantitative estimate of drug-likeness (QED) is 0.733. The van der Waals surface area contributed by atoms with E-state index in [1.807, 2.05) is 6.92 Å². The molecule has 0 aliphatic carbocycles. The van der Waals surface area contributed by atoms with Crippen molar-refractivity contribution in [1.29, 1.82) is 0 Å².